The normalized spacial score (nSPS) is 15.9. The number of aromatic nitrogens is 4. The van der Waals surface area contributed by atoms with Crippen LogP contribution in [-0.4, -0.2) is 38.2 Å². The van der Waals surface area contributed by atoms with Gasteiger partial charge in [0.05, 0.1) is 23.9 Å². The summed E-state index contributed by atoms with van der Waals surface area (Å²) in [5.41, 5.74) is 1.44. The van der Waals surface area contributed by atoms with E-state index in [2.05, 4.69) is 33.5 Å². The van der Waals surface area contributed by atoms with Crippen molar-refractivity contribution in [2.24, 2.45) is 0 Å². The summed E-state index contributed by atoms with van der Waals surface area (Å²) >= 11 is 0. The second-order valence-electron chi connectivity index (χ2n) is 5.88. The molecule has 6 nitrogen and oxygen atoms in total. The minimum Gasteiger partial charge on any atom is -0.296 e. The second kappa shape index (κ2) is 6.67. The molecule has 1 aliphatic rings. The van der Waals surface area contributed by atoms with Crippen LogP contribution in [0.2, 0.25) is 0 Å². The SMILES string of the molecule is CN(Cc1nnnn1-c1cccc(C#N)c1)C1CCCCC1. The van der Waals surface area contributed by atoms with Crippen LogP contribution in [0.5, 0.6) is 0 Å². The molecular weight excluding hydrogens is 276 g/mol. The Morgan fingerprint density at radius 2 is 2.14 bits per heavy atom. The van der Waals surface area contributed by atoms with Gasteiger partial charge in [-0.3, -0.25) is 4.90 Å². The molecule has 1 aromatic heterocycles. The maximum Gasteiger partial charge on any atom is 0.170 e. The molecule has 0 aliphatic heterocycles. The third-order valence-corrected chi connectivity index (χ3v) is 4.34. The molecule has 0 atom stereocenters. The van der Waals surface area contributed by atoms with Crippen LogP contribution in [0.3, 0.4) is 0 Å². The molecular formula is C16H20N6. The van der Waals surface area contributed by atoms with Crippen molar-refractivity contribution in [1.82, 2.24) is 25.1 Å². The summed E-state index contributed by atoms with van der Waals surface area (Å²) in [6.45, 7) is 0.717. The summed E-state index contributed by atoms with van der Waals surface area (Å²) in [6, 6.07) is 10.1. The fourth-order valence-electron chi connectivity index (χ4n) is 3.09. The number of nitrogens with zero attached hydrogens (tertiary/aromatic N) is 6. The van der Waals surface area contributed by atoms with E-state index in [9.17, 15) is 0 Å². The molecule has 1 fully saturated rings. The highest BCUT2D eigenvalue weighted by Gasteiger charge is 2.20. The first-order chi connectivity index (χ1) is 10.8. The maximum absolute atomic E-state index is 9.03. The minimum absolute atomic E-state index is 0.611. The van der Waals surface area contributed by atoms with E-state index in [-0.39, 0.29) is 0 Å². The van der Waals surface area contributed by atoms with Crippen molar-refractivity contribution in [2.45, 2.75) is 44.7 Å². The van der Waals surface area contributed by atoms with Gasteiger partial charge in [-0.15, -0.1) is 5.10 Å². The molecule has 2 aromatic rings. The van der Waals surface area contributed by atoms with E-state index in [1.165, 1.54) is 32.1 Å². The Kier molecular flexibility index (Phi) is 4.45. The highest BCUT2D eigenvalue weighted by Crippen LogP contribution is 2.22. The number of hydrogen-bond donors (Lipinski definition) is 0. The van der Waals surface area contributed by atoms with Gasteiger partial charge in [-0.1, -0.05) is 25.3 Å². The van der Waals surface area contributed by atoms with Crippen LogP contribution in [0.25, 0.3) is 5.69 Å². The Bertz CT molecular complexity index is 665. The van der Waals surface area contributed by atoms with Gasteiger partial charge < -0.3 is 0 Å². The Morgan fingerprint density at radius 3 is 2.91 bits per heavy atom. The zero-order valence-electron chi connectivity index (χ0n) is 12.8. The smallest absolute Gasteiger partial charge is 0.170 e. The third-order valence-electron chi connectivity index (χ3n) is 4.34. The van der Waals surface area contributed by atoms with Gasteiger partial charge >= 0.3 is 0 Å². The number of benzene rings is 1. The molecule has 1 heterocycles. The average Bonchev–Trinajstić information content (AvgIpc) is 3.04. The molecule has 3 rings (SSSR count). The van der Waals surface area contributed by atoms with Crippen LogP contribution >= 0.6 is 0 Å². The summed E-state index contributed by atoms with van der Waals surface area (Å²) in [5.74, 6) is 0.808. The molecule has 22 heavy (non-hydrogen) atoms. The van der Waals surface area contributed by atoms with Crippen LogP contribution in [0.4, 0.5) is 0 Å². The number of rotatable bonds is 4. The van der Waals surface area contributed by atoms with Crippen LogP contribution in [-0.2, 0) is 6.54 Å². The average molecular weight is 296 g/mol. The molecule has 1 aliphatic carbocycles. The van der Waals surface area contributed by atoms with Crippen molar-refractivity contribution in [3.8, 4) is 11.8 Å². The van der Waals surface area contributed by atoms with Crippen molar-refractivity contribution in [1.29, 1.82) is 5.26 Å². The monoisotopic (exact) mass is 296 g/mol. The van der Waals surface area contributed by atoms with E-state index in [4.69, 9.17) is 5.26 Å². The molecule has 0 amide bonds. The van der Waals surface area contributed by atoms with Crippen LogP contribution < -0.4 is 0 Å². The van der Waals surface area contributed by atoms with Crippen molar-refractivity contribution in [3.63, 3.8) is 0 Å². The second-order valence-corrected chi connectivity index (χ2v) is 5.88. The van der Waals surface area contributed by atoms with E-state index in [0.717, 1.165) is 11.5 Å². The Morgan fingerprint density at radius 1 is 1.32 bits per heavy atom. The fraction of sp³-hybridized carbons (Fsp3) is 0.500. The quantitative estimate of drug-likeness (QED) is 0.865. The lowest BCUT2D eigenvalue weighted by atomic mass is 9.94. The van der Waals surface area contributed by atoms with Gasteiger partial charge in [0.15, 0.2) is 5.82 Å². The molecule has 0 bridgehead atoms. The first-order valence-corrected chi connectivity index (χ1v) is 7.76. The van der Waals surface area contributed by atoms with Gasteiger partial charge in [0, 0.05) is 6.04 Å². The highest BCUT2D eigenvalue weighted by atomic mass is 15.5. The summed E-state index contributed by atoms with van der Waals surface area (Å²) in [5, 5.41) is 21.1. The predicted octanol–water partition coefficient (Wildman–Crippen LogP) is 2.30. The largest absolute Gasteiger partial charge is 0.296 e. The highest BCUT2D eigenvalue weighted by molar-refractivity contribution is 5.40. The standard InChI is InChI=1S/C16H20N6/c1-21(14-7-3-2-4-8-14)12-16-18-19-20-22(16)15-9-5-6-13(10-15)11-17/h5-6,9-10,14H,2-4,7-8,12H2,1H3. The molecule has 0 spiro atoms. The molecule has 0 unspecified atom stereocenters. The van der Waals surface area contributed by atoms with E-state index in [1.54, 1.807) is 16.8 Å². The summed E-state index contributed by atoms with van der Waals surface area (Å²) in [7, 11) is 2.14. The summed E-state index contributed by atoms with van der Waals surface area (Å²) in [6.07, 6.45) is 6.47. The Hall–Kier alpha value is -2.26. The van der Waals surface area contributed by atoms with E-state index >= 15 is 0 Å². The third kappa shape index (κ3) is 3.15. The van der Waals surface area contributed by atoms with Crippen molar-refractivity contribution in [3.05, 3.63) is 35.7 Å². The van der Waals surface area contributed by atoms with Crippen molar-refractivity contribution >= 4 is 0 Å². The zero-order valence-corrected chi connectivity index (χ0v) is 12.8. The lowest BCUT2D eigenvalue weighted by Gasteiger charge is -2.30. The van der Waals surface area contributed by atoms with Gasteiger partial charge in [-0.25, -0.2) is 0 Å². The first-order valence-electron chi connectivity index (χ1n) is 7.76. The van der Waals surface area contributed by atoms with Crippen LogP contribution in [0.15, 0.2) is 24.3 Å². The predicted molar refractivity (Wildman–Crippen MR) is 82.2 cm³/mol. The maximum atomic E-state index is 9.03. The summed E-state index contributed by atoms with van der Waals surface area (Å²) in [4.78, 5) is 2.34. The number of hydrogen-bond acceptors (Lipinski definition) is 5. The number of nitriles is 1. The van der Waals surface area contributed by atoms with Crippen LogP contribution in [0.1, 0.15) is 43.5 Å². The fourth-order valence-corrected chi connectivity index (χ4v) is 3.09. The van der Waals surface area contributed by atoms with Gasteiger partial charge in [0.1, 0.15) is 0 Å². The Labute approximate surface area is 130 Å². The minimum atomic E-state index is 0.611. The van der Waals surface area contributed by atoms with E-state index < -0.39 is 0 Å². The lowest BCUT2D eigenvalue weighted by molar-refractivity contribution is 0.179. The molecule has 6 heteroatoms. The lowest BCUT2D eigenvalue weighted by Crippen LogP contribution is -2.33. The van der Waals surface area contributed by atoms with Crippen molar-refractivity contribution < 1.29 is 0 Å². The summed E-state index contributed by atoms with van der Waals surface area (Å²) < 4.78 is 1.72. The molecule has 1 aromatic carbocycles. The molecule has 0 saturated heterocycles. The molecule has 0 N–H and O–H groups in total. The van der Waals surface area contributed by atoms with Gasteiger partial charge in [-0.2, -0.15) is 9.94 Å². The molecule has 114 valence electrons. The number of tetrazole rings is 1. The topological polar surface area (TPSA) is 70.6 Å². The van der Waals surface area contributed by atoms with E-state index in [0.29, 0.717) is 18.2 Å². The van der Waals surface area contributed by atoms with Gasteiger partial charge in [-0.05, 0) is 48.5 Å². The molecule has 1 saturated carbocycles. The Balaban J connectivity index is 1.78. The first kappa shape index (κ1) is 14.7. The van der Waals surface area contributed by atoms with Gasteiger partial charge in [0.25, 0.3) is 0 Å². The van der Waals surface area contributed by atoms with Crippen LogP contribution in [0, 0.1) is 11.3 Å². The molecule has 0 radical (unpaired) electrons. The zero-order chi connectivity index (χ0) is 15.4. The van der Waals surface area contributed by atoms with E-state index in [1.807, 2.05) is 12.1 Å². The van der Waals surface area contributed by atoms with Crippen molar-refractivity contribution in [2.75, 3.05) is 7.05 Å². The van der Waals surface area contributed by atoms with Gasteiger partial charge in [0.2, 0.25) is 0 Å².